The van der Waals surface area contributed by atoms with Gasteiger partial charge in [0.05, 0.1) is 0 Å². The molecule has 2 nitrogen and oxygen atoms in total. The zero-order chi connectivity index (χ0) is 13.9. The van der Waals surface area contributed by atoms with Crippen LogP contribution in [0.4, 0.5) is 5.69 Å². The first-order chi connectivity index (χ1) is 9.72. The number of anilines is 1. The van der Waals surface area contributed by atoms with Gasteiger partial charge in [-0.25, -0.2) is 0 Å². The molecule has 0 saturated heterocycles. The number of hydrogen-bond acceptors (Lipinski definition) is 3. The van der Waals surface area contributed by atoms with Crippen molar-refractivity contribution in [1.82, 2.24) is 4.90 Å². The molecule has 1 aromatic heterocycles. The van der Waals surface area contributed by atoms with Crippen molar-refractivity contribution in [2.45, 2.75) is 13.1 Å². The second kappa shape index (κ2) is 5.65. The van der Waals surface area contributed by atoms with Crippen LogP contribution < -0.4 is 5.73 Å². The van der Waals surface area contributed by atoms with Gasteiger partial charge in [-0.3, -0.25) is 4.90 Å². The van der Waals surface area contributed by atoms with E-state index in [1.807, 2.05) is 6.07 Å². The van der Waals surface area contributed by atoms with Crippen molar-refractivity contribution in [3.8, 4) is 0 Å². The number of nitrogen functional groups attached to an aromatic ring is 1. The van der Waals surface area contributed by atoms with Gasteiger partial charge in [0.25, 0.3) is 0 Å². The smallest absolute Gasteiger partial charge is 0.0366 e. The van der Waals surface area contributed by atoms with E-state index in [1.165, 1.54) is 21.9 Å². The van der Waals surface area contributed by atoms with Gasteiger partial charge in [-0.05, 0) is 57.9 Å². The quantitative estimate of drug-likeness (QED) is 0.729. The van der Waals surface area contributed by atoms with Gasteiger partial charge in [-0.1, -0.05) is 24.3 Å². The molecule has 1 heterocycles. The summed E-state index contributed by atoms with van der Waals surface area (Å²) in [5.41, 5.74) is 9.61. The fourth-order valence-corrected chi connectivity index (χ4v) is 3.14. The molecular weight excluding hydrogens is 264 g/mol. The first-order valence-corrected chi connectivity index (χ1v) is 7.63. The summed E-state index contributed by atoms with van der Waals surface area (Å²) < 4.78 is 0. The van der Waals surface area contributed by atoms with E-state index in [4.69, 9.17) is 5.73 Å². The molecule has 0 bridgehead atoms. The lowest BCUT2D eigenvalue weighted by Gasteiger charge is -2.18. The van der Waals surface area contributed by atoms with E-state index < -0.39 is 0 Å². The Morgan fingerprint density at radius 3 is 2.50 bits per heavy atom. The maximum Gasteiger partial charge on any atom is 0.0366 e. The lowest BCUT2D eigenvalue weighted by Crippen LogP contribution is -2.17. The summed E-state index contributed by atoms with van der Waals surface area (Å²) in [5, 5.41) is 6.77. The van der Waals surface area contributed by atoms with Gasteiger partial charge in [0.2, 0.25) is 0 Å². The summed E-state index contributed by atoms with van der Waals surface area (Å²) >= 11 is 1.74. The zero-order valence-corrected chi connectivity index (χ0v) is 12.4. The summed E-state index contributed by atoms with van der Waals surface area (Å²) in [6.45, 7) is 1.82. The molecule has 0 fully saturated rings. The van der Waals surface area contributed by atoms with Crippen LogP contribution in [0.25, 0.3) is 10.8 Å². The van der Waals surface area contributed by atoms with Crippen molar-refractivity contribution in [2.75, 3.05) is 12.8 Å². The lowest BCUT2D eigenvalue weighted by atomic mass is 10.0. The van der Waals surface area contributed by atoms with Crippen LogP contribution in [0.15, 0.2) is 53.2 Å². The van der Waals surface area contributed by atoms with Crippen molar-refractivity contribution in [3.05, 3.63) is 64.4 Å². The van der Waals surface area contributed by atoms with Crippen LogP contribution in [0.5, 0.6) is 0 Å². The number of rotatable bonds is 4. The maximum atomic E-state index is 6.18. The van der Waals surface area contributed by atoms with Gasteiger partial charge in [-0.2, -0.15) is 11.3 Å². The van der Waals surface area contributed by atoms with Crippen LogP contribution in [0.1, 0.15) is 11.1 Å². The van der Waals surface area contributed by atoms with Gasteiger partial charge < -0.3 is 5.73 Å². The summed E-state index contributed by atoms with van der Waals surface area (Å²) in [7, 11) is 2.13. The fraction of sp³-hybridized carbons (Fsp3) is 0.176. The Morgan fingerprint density at radius 2 is 1.80 bits per heavy atom. The number of hydrogen-bond donors (Lipinski definition) is 1. The topological polar surface area (TPSA) is 29.3 Å². The maximum absolute atomic E-state index is 6.18. The van der Waals surface area contributed by atoms with Crippen LogP contribution in [0, 0.1) is 0 Å². The largest absolute Gasteiger partial charge is 0.398 e. The average molecular weight is 282 g/mol. The molecule has 0 radical (unpaired) electrons. The average Bonchev–Trinajstić information content (AvgIpc) is 2.92. The molecule has 0 aliphatic heterocycles. The van der Waals surface area contributed by atoms with E-state index in [0.29, 0.717) is 0 Å². The van der Waals surface area contributed by atoms with Gasteiger partial charge in [-0.15, -0.1) is 0 Å². The van der Waals surface area contributed by atoms with Crippen molar-refractivity contribution in [3.63, 3.8) is 0 Å². The Balaban J connectivity index is 1.81. The van der Waals surface area contributed by atoms with E-state index in [9.17, 15) is 0 Å². The molecule has 2 aromatic carbocycles. The van der Waals surface area contributed by atoms with E-state index in [0.717, 1.165) is 18.8 Å². The second-order valence-electron chi connectivity index (χ2n) is 5.20. The highest BCUT2D eigenvalue weighted by Crippen LogP contribution is 2.23. The Bertz CT molecular complexity index is 704. The highest BCUT2D eigenvalue weighted by Gasteiger charge is 2.06. The highest BCUT2D eigenvalue weighted by atomic mass is 32.1. The molecule has 0 unspecified atom stereocenters. The molecule has 0 saturated carbocycles. The molecule has 3 aromatic rings. The molecular formula is C17H18N2S. The van der Waals surface area contributed by atoms with Gasteiger partial charge >= 0.3 is 0 Å². The van der Waals surface area contributed by atoms with Crippen molar-refractivity contribution in [2.24, 2.45) is 0 Å². The van der Waals surface area contributed by atoms with E-state index in [1.54, 1.807) is 11.3 Å². The Labute approximate surface area is 123 Å². The zero-order valence-electron chi connectivity index (χ0n) is 11.5. The molecule has 0 amide bonds. The Hall–Kier alpha value is -1.84. The van der Waals surface area contributed by atoms with Crippen LogP contribution >= 0.6 is 11.3 Å². The van der Waals surface area contributed by atoms with Gasteiger partial charge in [0.1, 0.15) is 0 Å². The number of nitrogens with two attached hydrogens (primary N) is 1. The third-order valence-electron chi connectivity index (χ3n) is 3.48. The van der Waals surface area contributed by atoms with Crippen molar-refractivity contribution >= 4 is 27.8 Å². The molecule has 3 heteroatoms. The highest BCUT2D eigenvalue weighted by molar-refractivity contribution is 7.07. The minimum atomic E-state index is 0.868. The van der Waals surface area contributed by atoms with Crippen LogP contribution in [0.3, 0.4) is 0 Å². The summed E-state index contributed by atoms with van der Waals surface area (Å²) in [4.78, 5) is 2.29. The molecule has 0 aliphatic carbocycles. The lowest BCUT2D eigenvalue weighted by molar-refractivity contribution is 0.320. The van der Waals surface area contributed by atoms with E-state index in [-0.39, 0.29) is 0 Å². The summed E-state index contributed by atoms with van der Waals surface area (Å²) in [6.07, 6.45) is 0. The standard InChI is InChI=1S/C17H18N2S/c1-19(10-13-6-7-20-12-13)11-16-8-14-4-2-3-5-15(14)9-17(16)18/h2-9,12H,10-11,18H2,1H3. The predicted octanol–water partition coefficient (Wildman–Crippen LogP) is 4.12. The van der Waals surface area contributed by atoms with Crippen LogP contribution in [-0.4, -0.2) is 11.9 Å². The molecule has 3 rings (SSSR count). The number of fused-ring (bicyclic) bond motifs is 1. The predicted molar refractivity (Wildman–Crippen MR) is 87.9 cm³/mol. The van der Waals surface area contributed by atoms with Crippen molar-refractivity contribution in [1.29, 1.82) is 0 Å². The fourth-order valence-electron chi connectivity index (χ4n) is 2.48. The van der Waals surface area contributed by atoms with Crippen molar-refractivity contribution < 1.29 is 0 Å². The third kappa shape index (κ3) is 2.84. The summed E-state index contributed by atoms with van der Waals surface area (Å²) in [6, 6.07) is 14.8. The van der Waals surface area contributed by atoms with E-state index in [2.05, 4.69) is 59.1 Å². The molecule has 102 valence electrons. The SMILES string of the molecule is CN(Cc1ccsc1)Cc1cc2ccccc2cc1N. The number of benzene rings is 2. The number of nitrogens with zero attached hydrogens (tertiary/aromatic N) is 1. The van der Waals surface area contributed by atoms with Gasteiger partial charge in [0, 0.05) is 18.8 Å². The Morgan fingerprint density at radius 1 is 1.05 bits per heavy atom. The molecule has 20 heavy (non-hydrogen) atoms. The molecule has 2 N–H and O–H groups in total. The Kier molecular flexibility index (Phi) is 3.72. The minimum absolute atomic E-state index is 0.868. The molecule has 0 spiro atoms. The van der Waals surface area contributed by atoms with E-state index >= 15 is 0 Å². The van der Waals surface area contributed by atoms with Crippen LogP contribution in [-0.2, 0) is 13.1 Å². The number of thiophene rings is 1. The first-order valence-electron chi connectivity index (χ1n) is 6.69. The minimum Gasteiger partial charge on any atom is -0.398 e. The normalized spacial score (nSPS) is 11.3. The molecule has 0 aliphatic rings. The van der Waals surface area contributed by atoms with Gasteiger partial charge in [0.15, 0.2) is 0 Å². The second-order valence-corrected chi connectivity index (χ2v) is 5.98. The third-order valence-corrected chi connectivity index (χ3v) is 4.21. The first kappa shape index (κ1) is 13.2. The summed E-state index contributed by atoms with van der Waals surface area (Å²) in [5.74, 6) is 0. The van der Waals surface area contributed by atoms with Crippen LogP contribution in [0.2, 0.25) is 0 Å². The molecule has 0 atom stereocenters. The monoisotopic (exact) mass is 282 g/mol.